The summed E-state index contributed by atoms with van der Waals surface area (Å²) in [6, 6.07) is 12.9. The van der Waals surface area contributed by atoms with Crippen LogP contribution in [0.3, 0.4) is 0 Å². The number of benzene rings is 2. The number of carbonyl (C=O) groups is 2. The van der Waals surface area contributed by atoms with E-state index in [-0.39, 0.29) is 23.9 Å². The fraction of sp³-hybridized carbons (Fsp3) is 0.263. The van der Waals surface area contributed by atoms with Crippen LogP contribution in [0, 0.1) is 10.1 Å². The minimum Gasteiger partial charge on any atom is -0.339 e. The lowest BCUT2D eigenvalue weighted by Crippen LogP contribution is -2.51. The van der Waals surface area contributed by atoms with Crippen LogP contribution in [-0.4, -0.2) is 52.7 Å². The summed E-state index contributed by atoms with van der Waals surface area (Å²) in [6.07, 6.45) is -0.0255. The highest BCUT2D eigenvalue weighted by molar-refractivity contribution is 6.30. The van der Waals surface area contributed by atoms with Gasteiger partial charge in [-0.3, -0.25) is 19.7 Å². The van der Waals surface area contributed by atoms with Crippen LogP contribution in [0.5, 0.6) is 0 Å². The zero-order valence-electron chi connectivity index (χ0n) is 14.5. The van der Waals surface area contributed by atoms with E-state index >= 15 is 0 Å². The molecule has 0 aromatic heterocycles. The second kappa shape index (κ2) is 8.18. The predicted molar refractivity (Wildman–Crippen MR) is 101 cm³/mol. The van der Waals surface area contributed by atoms with Crippen LogP contribution in [0.2, 0.25) is 5.02 Å². The third kappa shape index (κ3) is 4.43. The van der Waals surface area contributed by atoms with Crippen molar-refractivity contribution in [3.63, 3.8) is 0 Å². The molecule has 0 spiro atoms. The van der Waals surface area contributed by atoms with Gasteiger partial charge in [-0.15, -0.1) is 0 Å². The normalized spacial score (nSPS) is 14.1. The van der Waals surface area contributed by atoms with Crippen LogP contribution in [0.4, 0.5) is 5.69 Å². The molecule has 27 heavy (non-hydrogen) atoms. The fourth-order valence-electron chi connectivity index (χ4n) is 3.05. The number of rotatable bonds is 4. The molecule has 1 saturated heterocycles. The van der Waals surface area contributed by atoms with E-state index in [4.69, 9.17) is 11.6 Å². The molecule has 140 valence electrons. The zero-order valence-corrected chi connectivity index (χ0v) is 15.3. The molecule has 7 nitrogen and oxygen atoms in total. The molecule has 1 heterocycles. The molecule has 0 radical (unpaired) electrons. The number of amides is 2. The first-order valence-corrected chi connectivity index (χ1v) is 8.88. The molecule has 0 aliphatic carbocycles. The van der Waals surface area contributed by atoms with E-state index in [0.717, 1.165) is 0 Å². The van der Waals surface area contributed by atoms with E-state index in [1.165, 1.54) is 6.07 Å². The Balaban J connectivity index is 1.59. The van der Waals surface area contributed by atoms with Gasteiger partial charge in [-0.25, -0.2) is 0 Å². The number of carbonyl (C=O) groups excluding carboxylic acids is 2. The van der Waals surface area contributed by atoms with Crippen molar-refractivity contribution in [2.75, 3.05) is 26.2 Å². The van der Waals surface area contributed by atoms with Crippen molar-refractivity contribution in [1.29, 1.82) is 0 Å². The van der Waals surface area contributed by atoms with Gasteiger partial charge in [0.1, 0.15) is 0 Å². The Morgan fingerprint density at radius 2 is 1.56 bits per heavy atom. The number of nitro groups is 1. The average molecular weight is 388 g/mol. The molecular weight excluding hydrogens is 370 g/mol. The summed E-state index contributed by atoms with van der Waals surface area (Å²) in [6.45, 7) is 1.64. The molecule has 0 unspecified atom stereocenters. The summed E-state index contributed by atoms with van der Waals surface area (Å²) in [5, 5.41) is 11.6. The Kier molecular flexibility index (Phi) is 5.71. The summed E-state index contributed by atoms with van der Waals surface area (Å²) in [5.74, 6) is -0.277. The smallest absolute Gasteiger partial charge is 0.273 e. The van der Waals surface area contributed by atoms with Crippen molar-refractivity contribution in [2.24, 2.45) is 0 Å². The highest BCUT2D eigenvalue weighted by Gasteiger charge is 2.26. The first-order valence-electron chi connectivity index (χ1n) is 8.50. The molecule has 3 rings (SSSR count). The Bertz CT molecular complexity index is 862. The second-order valence-corrected chi connectivity index (χ2v) is 6.68. The van der Waals surface area contributed by atoms with Crippen molar-refractivity contribution in [2.45, 2.75) is 6.42 Å². The molecule has 8 heteroatoms. The van der Waals surface area contributed by atoms with Crippen LogP contribution in [-0.2, 0) is 11.2 Å². The van der Waals surface area contributed by atoms with Crippen LogP contribution < -0.4 is 0 Å². The number of hydrogen-bond acceptors (Lipinski definition) is 4. The summed E-state index contributed by atoms with van der Waals surface area (Å²) in [4.78, 5) is 38.9. The highest BCUT2D eigenvalue weighted by Crippen LogP contribution is 2.19. The van der Waals surface area contributed by atoms with Gasteiger partial charge in [0.2, 0.25) is 5.91 Å². The van der Waals surface area contributed by atoms with E-state index in [2.05, 4.69) is 0 Å². The first-order chi connectivity index (χ1) is 13.0. The van der Waals surface area contributed by atoms with Gasteiger partial charge < -0.3 is 9.80 Å². The van der Waals surface area contributed by atoms with Gasteiger partial charge >= 0.3 is 0 Å². The van der Waals surface area contributed by atoms with Crippen molar-refractivity contribution in [3.05, 3.63) is 74.8 Å². The molecule has 1 fully saturated rings. The van der Waals surface area contributed by atoms with Crippen LogP contribution >= 0.6 is 11.6 Å². The van der Waals surface area contributed by atoms with E-state index in [0.29, 0.717) is 42.3 Å². The van der Waals surface area contributed by atoms with Crippen molar-refractivity contribution in [3.8, 4) is 0 Å². The lowest BCUT2D eigenvalue weighted by atomic mass is 10.1. The quantitative estimate of drug-likeness (QED) is 0.596. The van der Waals surface area contributed by atoms with Gasteiger partial charge in [-0.2, -0.15) is 0 Å². The maximum atomic E-state index is 12.5. The topological polar surface area (TPSA) is 83.8 Å². The number of nitro benzene ring substituents is 1. The molecule has 0 N–H and O–H groups in total. The molecule has 2 amide bonds. The summed E-state index contributed by atoms with van der Waals surface area (Å²) in [7, 11) is 0. The average Bonchev–Trinajstić information content (AvgIpc) is 2.68. The SMILES string of the molecule is O=C(Cc1ccccc1[N+](=O)[O-])N1CCN(C(=O)c2ccc(Cl)cc2)CC1. The van der Waals surface area contributed by atoms with Gasteiger partial charge in [0.25, 0.3) is 11.6 Å². The largest absolute Gasteiger partial charge is 0.339 e. The van der Waals surface area contributed by atoms with Gasteiger partial charge in [-0.1, -0.05) is 29.8 Å². The van der Waals surface area contributed by atoms with Crippen molar-refractivity contribution in [1.82, 2.24) is 9.80 Å². The number of hydrogen-bond donors (Lipinski definition) is 0. The number of nitrogens with zero attached hydrogens (tertiary/aromatic N) is 3. The van der Waals surface area contributed by atoms with E-state index in [9.17, 15) is 19.7 Å². The molecule has 1 aliphatic rings. The zero-order chi connectivity index (χ0) is 19.4. The lowest BCUT2D eigenvalue weighted by Gasteiger charge is -2.35. The lowest BCUT2D eigenvalue weighted by molar-refractivity contribution is -0.385. The molecule has 2 aromatic carbocycles. The van der Waals surface area contributed by atoms with E-state index < -0.39 is 4.92 Å². The molecule has 0 atom stereocenters. The van der Waals surface area contributed by atoms with Gasteiger partial charge in [0, 0.05) is 48.4 Å². The monoisotopic (exact) mass is 387 g/mol. The second-order valence-electron chi connectivity index (χ2n) is 6.24. The molecular formula is C19H18ClN3O4. The van der Waals surface area contributed by atoms with Crippen LogP contribution in [0.15, 0.2) is 48.5 Å². The predicted octanol–water partition coefficient (Wildman–Crippen LogP) is 2.78. The third-order valence-electron chi connectivity index (χ3n) is 4.54. The van der Waals surface area contributed by atoms with E-state index in [1.54, 1.807) is 52.3 Å². The van der Waals surface area contributed by atoms with Crippen LogP contribution in [0.25, 0.3) is 0 Å². The molecule has 2 aromatic rings. The molecule has 0 saturated carbocycles. The Labute approximate surface area is 161 Å². The van der Waals surface area contributed by atoms with Crippen molar-refractivity contribution < 1.29 is 14.5 Å². The minimum absolute atomic E-state index is 0.0255. The first kappa shape index (κ1) is 18.8. The highest BCUT2D eigenvalue weighted by atomic mass is 35.5. The van der Waals surface area contributed by atoms with Crippen molar-refractivity contribution >= 4 is 29.1 Å². The standard InChI is InChI=1S/C19H18ClN3O4/c20-16-7-5-14(6-8-16)19(25)22-11-9-21(10-12-22)18(24)13-15-3-1-2-4-17(15)23(26)27/h1-8H,9-13H2. The summed E-state index contributed by atoms with van der Waals surface area (Å²) in [5.41, 5.74) is 0.897. The number of piperazine rings is 1. The maximum Gasteiger partial charge on any atom is 0.273 e. The minimum atomic E-state index is -0.481. The van der Waals surface area contributed by atoms with Gasteiger partial charge in [0.05, 0.1) is 11.3 Å². The third-order valence-corrected chi connectivity index (χ3v) is 4.79. The Morgan fingerprint density at radius 1 is 0.963 bits per heavy atom. The summed E-state index contributed by atoms with van der Waals surface area (Å²) < 4.78 is 0. The Hall–Kier alpha value is -2.93. The van der Waals surface area contributed by atoms with Gasteiger partial charge in [0.15, 0.2) is 0 Å². The number of halogens is 1. The fourth-order valence-corrected chi connectivity index (χ4v) is 3.17. The maximum absolute atomic E-state index is 12.5. The number of para-hydroxylation sites is 1. The summed E-state index contributed by atoms with van der Waals surface area (Å²) >= 11 is 5.84. The van der Waals surface area contributed by atoms with Crippen LogP contribution in [0.1, 0.15) is 15.9 Å². The van der Waals surface area contributed by atoms with E-state index in [1.807, 2.05) is 0 Å². The molecule has 0 bridgehead atoms. The van der Waals surface area contributed by atoms with Gasteiger partial charge in [-0.05, 0) is 24.3 Å². The Morgan fingerprint density at radius 3 is 2.19 bits per heavy atom. The molecule has 1 aliphatic heterocycles.